The van der Waals surface area contributed by atoms with Crippen LogP contribution in [-0.4, -0.2) is 28.2 Å². The summed E-state index contributed by atoms with van der Waals surface area (Å²) < 4.78 is 0. The number of rotatable bonds is 0. The van der Waals surface area contributed by atoms with Crippen molar-refractivity contribution in [3.05, 3.63) is 0 Å². The second-order valence-corrected chi connectivity index (χ2v) is 1.80. The average molecular weight is 216 g/mol. The lowest BCUT2D eigenvalue weighted by Gasteiger charge is -1.91. The summed E-state index contributed by atoms with van der Waals surface area (Å²) >= 11 is 0. The minimum atomic E-state index is -4.61. The Morgan fingerprint density at radius 1 is 0.455 bits per heavy atom. The first-order chi connectivity index (χ1) is 2.00. The van der Waals surface area contributed by atoms with Gasteiger partial charge in [0.2, 0.25) is 0 Å². The molecule has 0 aromatic carbocycles. The molecule has 80 valence electrons. The highest BCUT2D eigenvalue weighted by atomic mass is 28.4. The van der Waals surface area contributed by atoms with Crippen LogP contribution in [0.25, 0.3) is 0 Å². The normalized spacial score (nSPS) is 5.45. The van der Waals surface area contributed by atoms with Crippen molar-refractivity contribution in [2.75, 3.05) is 0 Å². The third-order valence-electron chi connectivity index (χ3n) is 0. The first-order valence-electron chi connectivity index (χ1n) is 0.894. The Bertz CT molecular complexity index is 30.1. The van der Waals surface area contributed by atoms with E-state index in [0.29, 0.717) is 0 Å². The second kappa shape index (κ2) is 22.6. The van der Waals surface area contributed by atoms with Gasteiger partial charge in [-0.1, -0.05) is 0 Å². The minimum absolute atomic E-state index is 0. The van der Waals surface area contributed by atoms with Crippen LogP contribution in [0.5, 0.6) is 0 Å². The van der Waals surface area contributed by atoms with E-state index in [0.717, 1.165) is 0 Å². The maximum Gasteiger partial charge on any atom is 0.668 e. The van der Waals surface area contributed by atoms with Gasteiger partial charge in [0.25, 0.3) is 0 Å². The van der Waals surface area contributed by atoms with Gasteiger partial charge in [0.1, 0.15) is 0 Å². The first kappa shape index (κ1) is 74.7. The number of halogens is 6. The predicted octanol–water partition coefficient (Wildman–Crippen LogP) is -1.69. The molecule has 0 heterocycles. The molecule has 0 aliphatic carbocycles. The molecular weight excluding hydrogens is 206 g/mol. The Kier molecular flexibility index (Phi) is 154. The van der Waals surface area contributed by atoms with E-state index in [1.165, 1.54) is 0 Å². The lowest BCUT2D eigenvalue weighted by atomic mass is 15.7. The van der Waals surface area contributed by atoms with Gasteiger partial charge < -0.3 is 19.2 Å². The zero-order chi connectivity index (χ0) is 4.50. The van der Waals surface area contributed by atoms with Crippen molar-refractivity contribution in [1.29, 1.82) is 0 Å². The van der Waals surface area contributed by atoms with E-state index in [1.54, 1.807) is 0 Å². The molecule has 4 N–H and O–H groups in total. The summed E-state index contributed by atoms with van der Waals surface area (Å²) in [6, 6.07) is 0. The molecule has 0 unspecified atom stereocenters. The lowest BCUT2D eigenvalue weighted by molar-refractivity contribution is 0.117. The van der Waals surface area contributed by atoms with Gasteiger partial charge in [-0.25, -0.2) is 0 Å². The molecule has 11 heteroatoms. The minimum Gasteiger partial charge on any atom is -0.368 e. The fourth-order valence-corrected chi connectivity index (χ4v) is 0. The fraction of sp³-hybridized carbons (Fsp3) is 0. The summed E-state index contributed by atoms with van der Waals surface area (Å²) in [5.41, 5.74) is 0. The van der Waals surface area contributed by atoms with Crippen molar-refractivity contribution >= 4 is 9.05 Å². The van der Waals surface area contributed by atoms with Crippen molar-refractivity contribution in [2.24, 2.45) is 0 Å². The molecular formula is H10F6O4Si. The Morgan fingerprint density at radius 3 is 0.455 bits per heavy atom. The molecule has 0 aliphatic rings. The summed E-state index contributed by atoms with van der Waals surface area (Å²) in [6.07, 6.45) is 0. The average Bonchev–Trinajstić information content (AvgIpc) is 0.722. The highest BCUT2D eigenvalue weighted by molar-refractivity contribution is 6.46. The van der Waals surface area contributed by atoms with Crippen molar-refractivity contribution in [3.63, 3.8) is 0 Å². The monoisotopic (exact) mass is 216 g/mol. The van der Waals surface area contributed by atoms with Crippen LogP contribution >= 0.6 is 0 Å². The van der Waals surface area contributed by atoms with Gasteiger partial charge in [0.15, 0.2) is 0 Å². The quantitative estimate of drug-likeness (QED) is 0.287. The smallest absolute Gasteiger partial charge is 0.368 e. The van der Waals surface area contributed by atoms with E-state index in [1.807, 2.05) is 0 Å². The van der Waals surface area contributed by atoms with Gasteiger partial charge in [-0.05, 0) is 0 Å². The van der Waals surface area contributed by atoms with Crippen LogP contribution in [0.4, 0.5) is 28.2 Å². The zero-order valence-electron chi connectivity index (χ0n) is 4.74. The fourth-order valence-electron chi connectivity index (χ4n) is 0. The van der Waals surface area contributed by atoms with Crippen molar-refractivity contribution in [1.82, 2.24) is 0 Å². The van der Waals surface area contributed by atoms with Gasteiger partial charge in [-0.15, -0.1) is 0 Å². The molecule has 0 saturated heterocycles. The van der Waals surface area contributed by atoms with E-state index in [4.69, 9.17) is 19.2 Å². The highest BCUT2D eigenvalue weighted by Gasteiger charge is 2.22. The molecule has 0 aliphatic heterocycles. The Labute approximate surface area is 57.8 Å². The van der Waals surface area contributed by atoms with E-state index >= 15 is 0 Å². The summed E-state index contributed by atoms with van der Waals surface area (Å²) in [6.45, 7) is 0. The zero-order valence-corrected chi connectivity index (χ0v) is 5.74. The Hall–Kier alpha value is -0.363. The highest BCUT2D eigenvalue weighted by Crippen LogP contribution is 1.67. The topological polar surface area (TPSA) is 80.9 Å². The van der Waals surface area contributed by atoms with Crippen molar-refractivity contribution in [2.45, 2.75) is 0 Å². The van der Waals surface area contributed by atoms with Crippen LogP contribution in [0.2, 0.25) is 0 Å². The summed E-state index contributed by atoms with van der Waals surface area (Å²) in [7, 11) is -4.61. The van der Waals surface area contributed by atoms with Crippen LogP contribution in [0.1, 0.15) is 0 Å². The van der Waals surface area contributed by atoms with E-state index < -0.39 is 9.05 Å². The molecule has 0 rings (SSSR count). The van der Waals surface area contributed by atoms with E-state index in [2.05, 4.69) is 0 Å². The van der Waals surface area contributed by atoms with Gasteiger partial charge in [-0.2, -0.15) is 0 Å². The summed E-state index contributed by atoms with van der Waals surface area (Å²) in [5, 5.41) is 0. The number of hydrogen-bond acceptors (Lipinski definition) is 4. The Balaban J connectivity index is -0.00000000533. The van der Waals surface area contributed by atoms with Crippen LogP contribution < -0.4 is 0 Å². The second-order valence-electron chi connectivity index (χ2n) is 0.600. The maximum atomic E-state index is 7.33. The third kappa shape index (κ3) is 4260. The molecule has 0 atom stereocenters. The third-order valence-corrected chi connectivity index (χ3v) is 0. The molecule has 0 spiro atoms. The number of hydrogen-bond donors (Lipinski definition) is 4. The molecule has 0 aromatic rings. The largest absolute Gasteiger partial charge is 0.668 e. The van der Waals surface area contributed by atoms with E-state index in [9.17, 15) is 0 Å². The molecule has 0 fully saturated rings. The molecule has 11 heavy (non-hydrogen) atoms. The predicted molar refractivity (Wildman–Crippen MR) is 29.6 cm³/mol. The molecule has 0 bridgehead atoms. The standard InChI is InChI=1S/6FH.H4O4Si/c;;;;;;1-5(2,3)4/h6*1H;1-4H. The molecule has 0 amide bonds. The van der Waals surface area contributed by atoms with Crippen molar-refractivity contribution in [3.8, 4) is 0 Å². The van der Waals surface area contributed by atoms with Crippen LogP contribution in [0.15, 0.2) is 0 Å². The van der Waals surface area contributed by atoms with Gasteiger partial charge in [0, 0.05) is 0 Å². The molecule has 0 radical (unpaired) electrons. The van der Waals surface area contributed by atoms with E-state index in [-0.39, 0.29) is 28.2 Å². The molecule has 0 saturated carbocycles. The molecule has 4 nitrogen and oxygen atoms in total. The molecule has 0 aromatic heterocycles. The van der Waals surface area contributed by atoms with Gasteiger partial charge in [0.05, 0.1) is 0 Å². The lowest BCUT2D eigenvalue weighted by Crippen LogP contribution is -2.33. The summed E-state index contributed by atoms with van der Waals surface area (Å²) in [5.74, 6) is 0. The Morgan fingerprint density at radius 2 is 0.455 bits per heavy atom. The first-order valence-corrected chi connectivity index (χ1v) is 2.68. The van der Waals surface area contributed by atoms with Gasteiger partial charge >= 0.3 is 9.05 Å². The SMILES string of the molecule is F.F.F.F.F.F.O[Si](O)(O)O. The summed E-state index contributed by atoms with van der Waals surface area (Å²) in [4.78, 5) is 29.3. The van der Waals surface area contributed by atoms with Crippen LogP contribution in [0.3, 0.4) is 0 Å². The van der Waals surface area contributed by atoms with Crippen molar-refractivity contribution < 1.29 is 47.4 Å². The maximum absolute atomic E-state index is 7.33. The van der Waals surface area contributed by atoms with Crippen LogP contribution in [-0.2, 0) is 0 Å². The van der Waals surface area contributed by atoms with Gasteiger partial charge in [-0.3, -0.25) is 28.2 Å². The van der Waals surface area contributed by atoms with Crippen LogP contribution in [0, 0.1) is 0 Å².